The van der Waals surface area contributed by atoms with Gasteiger partial charge in [-0.05, 0) is 0 Å². The summed E-state index contributed by atoms with van der Waals surface area (Å²) >= 11 is 0. The molecule has 0 rings (SSSR count). The summed E-state index contributed by atoms with van der Waals surface area (Å²) in [6.07, 6.45) is 0. The van der Waals surface area contributed by atoms with Crippen LogP contribution in [0.1, 0.15) is 0 Å². The van der Waals surface area contributed by atoms with Crippen LogP contribution in [-0.4, -0.2) is 0 Å². The summed E-state index contributed by atoms with van der Waals surface area (Å²) in [5.41, 5.74) is 0. The van der Waals surface area contributed by atoms with E-state index in [1.54, 1.807) is 0 Å². The second-order valence-electron chi connectivity index (χ2n) is 0. The van der Waals surface area contributed by atoms with E-state index in [4.69, 9.17) is 0 Å². The van der Waals surface area contributed by atoms with Gasteiger partial charge in [0.1, 0.15) is 0 Å². The monoisotopic (exact) mass is 199 g/mol. The molecule has 0 heterocycles. The van der Waals surface area contributed by atoms with Crippen LogP contribution in [0.5, 0.6) is 0 Å². The molecule has 0 bridgehead atoms. The maximum Gasteiger partial charge on any atom is 0 e. The summed E-state index contributed by atoms with van der Waals surface area (Å²) in [5, 5.41) is 0. The fourth-order valence-electron chi connectivity index (χ4n) is 0. The molecule has 0 aliphatic heterocycles. The minimum absolute atomic E-state index is 0. The third kappa shape index (κ3) is 24.7. The molecule has 0 N–H and O–H groups in total. The SMILES string of the molecule is S.S.S.S.[Cu]. The van der Waals surface area contributed by atoms with Crippen molar-refractivity contribution in [3.8, 4) is 0 Å². The molecule has 0 aromatic heterocycles. The van der Waals surface area contributed by atoms with Gasteiger partial charge in [-0.25, -0.2) is 0 Å². The smallest absolute Gasteiger partial charge is 0 e. The Balaban J connectivity index is 0. The van der Waals surface area contributed by atoms with Crippen molar-refractivity contribution in [1.29, 1.82) is 0 Å². The molecule has 0 saturated carbocycles. The van der Waals surface area contributed by atoms with Crippen LogP contribution in [0.4, 0.5) is 0 Å². The molecule has 0 aromatic carbocycles. The molecule has 0 aliphatic rings. The van der Waals surface area contributed by atoms with Gasteiger partial charge in [-0.3, -0.25) is 0 Å². The van der Waals surface area contributed by atoms with Gasteiger partial charge in [0.25, 0.3) is 0 Å². The Labute approximate surface area is 70.7 Å². The quantitative estimate of drug-likeness (QED) is 0.498. The van der Waals surface area contributed by atoms with Crippen LogP contribution in [0, 0.1) is 0 Å². The van der Waals surface area contributed by atoms with Crippen molar-refractivity contribution in [3.05, 3.63) is 0 Å². The first-order chi connectivity index (χ1) is 0. The standard InChI is InChI=1S/Cu.4H2S/h;4*1H2. The van der Waals surface area contributed by atoms with Gasteiger partial charge < -0.3 is 0 Å². The van der Waals surface area contributed by atoms with Crippen molar-refractivity contribution < 1.29 is 17.1 Å². The van der Waals surface area contributed by atoms with Gasteiger partial charge >= 0.3 is 0 Å². The molecular formula is H8CuS4. The molecule has 0 amide bonds. The third-order valence-corrected chi connectivity index (χ3v) is 0. The van der Waals surface area contributed by atoms with Crippen molar-refractivity contribution in [3.63, 3.8) is 0 Å². The Bertz CT molecular complexity index is 3.61. The van der Waals surface area contributed by atoms with Gasteiger partial charge in [-0.15, -0.1) is 0 Å². The van der Waals surface area contributed by atoms with E-state index in [9.17, 15) is 0 Å². The number of rotatable bonds is 0. The van der Waals surface area contributed by atoms with E-state index >= 15 is 0 Å². The van der Waals surface area contributed by atoms with E-state index in [1.807, 2.05) is 0 Å². The van der Waals surface area contributed by atoms with E-state index in [1.165, 1.54) is 0 Å². The second-order valence-corrected chi connectivity index (χ2v) is 0. The van der Waals surface area contributed by atoms with Crippen LogP contribution >= 0.6 is 54.0 Å². The molecule has 0 unspecified atom stereocenters. The maximum absolute atomic E-state index is 0. The molecule has 5 heteroatoms. The summed E-state index contributed by atoms with van der Waals surface area (Å²) in [5.74, 6) is 0. The van der Waals surface area contributed by atoms with Crippen LogP contribution in [0.15, 0.2) is 0 Å². The second kappa shape index (κ2) is 38.9. The topological polar surface area (TPSA) is 0 Å². The number of hydrogen-bond acceptors (Lipinski definition) is 0. The molecule has 0 saturated heterocycles. The Kier molecular flexibility index (Phi) is 512. The molecule has 0 aliphatic carbocycles. The average Bonchev–Trinajstić information content (AvgIpc) is 0. The van der Waals surface area contributed by atoms with Crippen LogP contribution in [0.3, 0.4) is 0 Å². The molecule has 0 spiro atoms. The zero-order valence-corrected chi connectivity index (χ0v) is 7.24. The molecule has 0 nitrogen and oxygen atoms in total. The maximum atomic E-state index is 0. The normalized spacial score (nSPS) is 0. The molecule has 0 atom stereocenters. The largest absolute Gasteiger partial charge is 0.197 e. The zero-order chi connectivity index (χ0) is 0. The summed E-state index contributed by atoms with van der Waals surface area (Å²) in [7, 11) is 0. The minimum atomic E-state index is 0. The molecule has 5 heavy (non-hydrogen) atoms. The molecular weight excluding hydrogens is 192 g/mol. The minimum Gasteiger partial charge on any atom is -0.197 e. The number of hydrogen-bond donors (Lipinski definition) is 0. The van der Waals surface area contributed by atoms with Crippen LogP contribution in [-0.2, 0) is 17.1 Å². The van der Waals surface area contributed by atoms with Gasteiger partial charge in [0.15, 0.2) is 0 Å². The first-order valence-corrected chi connectivity index (χ1v) is 0. The summed E-state index contributed by atoms with van der Waals surface area (Å²) in [6, 6.07) is 0. The van der Waals surface area contributed by atoms with Crippen LogP contribution in [0.25, 0.3) is 0 Å². The molecule has 1 radical (unpaired) electrons. The Morgan fingerprint density at radius 3 is 0.400 bits per heavy atom. The fraction of sp³-hybridized carbons (Fsp3) is 0. The predicted molar refractivity (Wildman–Crippen MR) is 41.5 cm³/mol. The molecule has 0 fully saturated rings. The van der Waals surface area contributed by atoms with Crippen molar-refractivity contribution >= 4 is 54.0 Å². The summed E-state index contributed by atoms with van der Waals surface area (Å²) in [6.45, 7) is 0. The van der Waals surface area contributed by atoms with Crippen molar-refractivity contribution in [2.75, 3.05) is 0 Å². The Hall–Kier alpha value is 1.92. The first-order valence-electron chi connectivity index (χ1n) is 0. The average molecular weight is 200 g/mol. The van der Waals surface area contributed by atoms with E-state index in [2.05, 4.69) is 0 Å². The molecule has 43 valence electrons. The molecule has 0 aromatic rings. The van der Waals surface area contributed by atoms with Gasteiger partial charge in [0.05, 0.1) is 0 Å². The van der Waals surface area contributed by atoms with Gasteiger partial charge in [-0.1, -0.05) is 0 Å². The van der Waals surface area contributed by atoms with Gasteiger partial charge in [0, 0.05) is 17.1 Å². The first kappa shape index (κ1) is 65.8. The Morgan fingerprint density at radius 2 is 0.400 bits per heavy atom. The van der Waals surface area contributed by atoms with Crippen molar-refractivity contribution in [2.45, 2.75) is 0 Å². The van der Waals surface area contributed by atoms with E-state index in [-0.39, 0.29) is 71.1 Å². The summed E-state index contributed by atoms with van der Waals surface area (Å²) in [4.78, 5) is 0. The van der Waals surface area contributed by atoms with E-state index in [0.717, 1.165) is 0 Å². The van der Waals surface area contributed by atoms with Crippen molar-refractivity contribution in [1.82, 2.24) is 0 Å². The van der Waals surface area contributed by atoms with Gasteiger partial charge in [-0.2, -0.15) is 54.0 Å². The fourth-order valence-corrected chi connectivity index (χ4v) is 0. The summed E-state index contributed by atoms with van der Waals surface area (Å²) < 4.78 is 0. The predicted octanol–water partition coefficient (Wildman–Crippen LogP) is 0.449. The van der Waals surface area contributed by atoms with Gasteiger partial charge in [0.2, 0.25) is 0 Å². The van der Waals surface area contributed by atoms with Crippen LogP contribution < -0.4 is 0 Å². The van der Waals surface area contributed by atoms with Crippen LogP contribution in [0.2, 0.25) is 0 Å². The van der Waals surface area contributed by atoms with E-state index < -0.39 is 0 Å². The Morgan fingerprint density at radius 1 is 0.400 bits per heavy atom. The zero-order valence-electron chi connectivity index (χ0n) is 2.30. The van der Waals surface area contributed by atoms with E-state index in [0.29, 0.717) is 0 Å². The third-order valence-electron chi connectivity index (χ3n) is 0. The van der Waals surface area contributed by atoms with Crippen molar-refractivity contribution in [2.24, 2.45) is 0 Å².